The van der Waals surface area contributed by atoms with Crippen LogP contribution in [-0.2, 0) is 24.5 Å². The van der Waals surface area contributed by atoms with Gasteiger partial charge in [0.2, 0.25) is 5.91 Å². The van der Waals surface area contributed by atoms with Crippen LogP contribution in [0.1, 0.15) is 73.9 Å². The van der Waals surface area contributed by atoms with Gasteiger partial charge in [-0.15, -0.1) is 11.3 Å². The molecular weight excluding hydrogens is 581 g/mol. The van der Waals surface area contributed by atoms with E-state index in [0.717, 1.165) is 52.5 Å². The number of benzene rings is 1. The lowest BCUT2D eigenvalue weighted by molar-refractivity contribution is -0.127. The number of anilines is 1. The Morgan fingerprint density at radius 1 is 0.951 bits per heavy atom. The second-order valence-electron chi connectivity index (χ2n) is 12.1. The van der Waals surface area contributed by atoms with E-state index in [9.17, 15) is 26.9 Å². The molecule has 4 fully saturated rings. The molecule has 6 rings (SSSR count). The van der Waals surface area contributed by atoms with Gasteiger partial charge in [-0.3, -0.25) is 4.79 Å². The number of hydrogen-bond acceptors (Lipinski definition) is 9. The lowest BCUT2D eigenvalue weighted by atomic mass is 9.76. The molecule has 1 aromatic carbocycles. The molecule has 1 amide bonds. The van der Waals surface area contributed by atoms with E-state index in [2.05, 4.69) is 28.4 Å². The molecule has 2 unspecified atom stereocenters. The van der Waals surface area contributed by atoms with Crippen LogP contribution < -0.4 is 10.2 Å². The number of nitrogens with zero attached hydrogens (tertiary/aromatic N) is 3. The molecule has 3 heterocycles. The van der Waals surface area contributed by atoms with Crippen molar-refractivity contribution in [1.82, 2.24) is 10.3 Å². The summed E-state index contributed by atoms with van der Waals surface area (Å²) in [7, 11) is -5.97. The smallest absolute Gasteiger partial charge is 0.225 e. The van der Waals surface area contributed by atoms with Crippen molar-refractivity contribution in [3.05, 3.63) is 35.0 Å². The first kappa shape index (κ1) is 28.6. The first-order valence-corrected chi connectivity index (χ1v) is 19.0. The number of aromatic nitrogens is 1. The fraction of sp³-hybridized carbons (Fsp3) is 0.621. The number of carbonyl (C=O) groups is 1. The quantitative estimate of drug-likeness (QED) is 0.518. The number of nitrogens with one attached hydrogen (secondary N) is 1. The summed E-state index contributed by atoms with van der Waals surface area (Å²) in [6.45, 7) is 0.955. The molecule has 41 heavy (non-hydrogen) atoms. The van der Waals surface area contributed by atoms with Crippen LogP contribution in [0.2, 0.25) is 0 Å². The molecular formula is C29H36N4O5S3. The molecule has 4 aliphatic rings. The summed E-state index contributed by atoms with van der Waals surface area (Å²) >= 11 is 1.61. The summed E-state index contributed by atoms with van der Waals surface area (Å²) in [6, 6.07) is 10.4. The van der Waals surface area contributed by atoms with Crippen LogP contribution in [0.3, 0.4) is 0 Å². The molecule has 0 spiro atoms. The number of nitriles is 1. The molecule has 2 atom stereocenters. The number of amides is 1. The second kappa shape index (κ2) is 11.0. The van der Waals surface area contributed by atoms with Gasteiger partial charge in [0.25, 0.3) is 0 Å². The average Bonchev–Trinajstić information content (AvgIpc) is 3.60. The summed E-state index contributed by atoms with van der Waals surface area (Å²) in [6.07, 6.45) is 6.06. The fourth-order valence-corrected chi connectivity index (χ4v) is 10.4. The Morgan fingerprint density at radius 2 is 1.59 bits per heavy atom. The van der Waals surface area contributed by atoms with Crippen molar-refractivity contribution in [3.8, 4) is 16.5 Å². The van der Waals surface area contributed by atoms with Crippen molar-refractivity contribution in [2.24, 2.45) is 5.92 Å². The maximum Gasteiger partial charge on any atom is 0.225 e. The monoisotopic (exact) mass is 616 g/mol. The predicted molar refractivity (Wildman–Crippen MR) is 159 cm³/mol. The molecule has 1 N–H and O–H groups in total. The standard InChI is InChI=1S/C29H36N4O5S3/c30-19-29(11-12-29)32-27(34)24-4-2-1-3-23(24)25-26(39-28(31-25)21-9-15-40(35,36)16-10-21)20-5-7-22(8-6-20)33-13-17-41(37,38)18-14-33/h5-8,21,23-24H,1-4,9-18H2,(H,32,34). The average molecular weight is 617 g/mol. The lowest BCUT2D eigenvalue weighted by Gasteiger charge is -2.31. The second-order valence-corrected chi connectivity index (χ2v) is 17.7. The van der Waals surface area contributed by atoms with Gasteiger partial charge in [0, 0.05) is 36.5 Å². The van der Waals surface area contributed by atoms with Crippen LogP contribution in [0.4, 0.5) is 5.69 Å². The Bertz CT molecular complexity index is 1540. The number of carbonyl (C=O) groups excluding carboxylic acids is 1. The number of hydrogen-bond donors (Lipinski definition) is 1. The van der Waals surface area contributed by atoms with Gasteiger partial charge in [-0.1, -0.05) is 25.0 Å². The Kier molecular flexibility index (Phi) is 7.66. The SMILES string of the molecule is N#CC1(NC(=O)C2CCCCC2c2nc(C3CCS(=O)(=O)CC3)sc2-c2ccc(N3CCS(=O)(=O)CC3)cc2)CC1. The minimum Gasteiger partial charge on any atom is -0.369 e. The van der Waals surface area contributed by atoms with Gasteiger partial charge < -0.3 is 10.2 Å². The molecule has 0 radical (unpaired) electrons. The van der Waals surface area contributed by atoms with Crippen molar-refractivity contribution in [1.29, 1.82) is 5.26 Å². The largest absolute Gasteiger partial charge is 0.369 e. The Morgan fingerprint density at radius 3 is 2.22 bits per heavy atom. The van der Waals surface area contributed by atoms with Gasteiger partial charge in [0.15, 0.2) is 9.84 Å². The van der Waals surface area contributed by atoms with E-state index in [1.54, 1.807) is 11.3 Å². The molecule has 1 aromatic heterocycles. The van der Waals surface area contributed by atoms with Crippen LogP contribution in [0, 0.1) is 17.2 Å². The minimum absolute atomic E-state index is 0.0617. The van der Waals surface area contributed by atoms with E-state index in [0.29, 0.717) is 38.8 Å². The first-order chi connectivity index (χ1) is 19.6. The van der Waals surface area contributed by atoms with Crippen molar-refractivity contribution < 1.29 is 21.6 Å². The highest BCUT2D eigenvalue weighted by Gasteiger charge is 2.47. The van der Waals surface area contributed by atoms with Gasteiger partial charge in [0.05, 0.1) is 44.7 Å². The first-order valence-electron chi connectivity index (χ1n) is 14.6. The molecule has 220 valence electrons. The molecule has 2 aromatic rings. The highest BCUT2D eigenvalue weighted by molar-refractivity contribution is 7.91. The Labute approximate surface area is 246 Å². The van der Waals surface area contributed by atoms with Gasteiger partial charge in [-0.25, -0.2) is 21.8 Å². The summed E-state index contributed by atoms with van der Waals surface area (Å²) in [5.41, 5.74) is 2.18. The minimum atomic E-state index is -3.00. The third-order valence-electron chi connectivity index (χ3n) is 9.19. The van der Waals surface area contributed by atoms with Crippen molar-refractivity contribution >= 4 is 42.6 Å². The molecule has 9 nitrogen and oxygen atoms in total. The highest BCUT2D eigenvalue weighted by Crippen LogP contribution is 2.47. The normalized spacial score (nSPS) is 27.0. The summed E-state index contributed by atoms with van der Waals surface area (Å²) in [4.78, 5) is 21.8. The number of sulfone groups is 2. The maximum absolute atomic E-state index is 13.5. The molecule has 2 saturated heterocycles. The van der Waals surface area contributed by atoms with E-state index >= 15 is 0 Å². The van der Waals surface area contributed by atoms with Crippen LogP contribution in [-0.4, -0.2) is 69.4 Å². The van der Waals surface area contributed by atoms with E-state index in [1.807, 2.05) is 12.1 Å². The van der Waals surface area contributed by atoms with Gasteiger partial charge in [-0.2, -0.15) is 5.26 Å². The number of thiazole rings is 1. The third-order valence-corrected chi connectivity index (χ3v) is 13.8. The van der Waals surface area contributed by atoms with E-state index in [4.69, 9.17) is 4.98 Å². The zero-order chi connectivity index (χ0) is 28.8. The van der Waals surface area contributed by atoms with Gasteiger partial charge >= 0.3 is 0 Å². The number of rotatable bonds is 6. The van der Waals surface area contributed by atoms with Gasteiger partial charge in [-0.05, 0) is 56.2 Å². The maximum atomic E-state index is 13.5. The third kappa shape index (κ3) is 6.18. The molecule has 0 bridgehead atoms. The predicted octanol–water partition coefficient (Wildman–Crippen LogP) is 3.78. The zero-order valence-electron chi connectivity index (χ0n) is 23.0. The lowest BCUT2D eigenvalue weighted by Crippen LogP contribution is -2.42. The highest BCUT2D eigenvalue weighted by atomic mass is 32.2. The van der Waals surface area contributed by atoms with Crippen LogP contribution in [0.5, 0.6) is 0 Å². The summed E-state index contributed by atoms with van der Waals surface area (Å²) < 4.78 is 48.0. The Balaban J connectivity index is 1.32. The summed E-state index contributed by atoms with van der Waals surface area (Å²) in [5.74, 6) is 0.351. The van der Waals surface area contributed by atoms with E-state index in [1.165, 1.54) is 0 Å². The van der Waals surface area contributed by atoms with Gasteiger partial charge in [0.1, 0.15) is 15.4 Å². The molecule has 2 aliphatic carbocycles. The summed E-state index contributed by atoms with van der Waals surface area (Å²) in [5, 5.41) is 13.5. The van der Waals surface area contributed by atoms with Crippen molar-refractivity contribution in [2.45, 2.75) is 68.7 Å². The molecule has 12 heteroatoms. The van der Waals surface area contributed by atoms with E-state index < -0.39 is 25.2 Å². The van der Waals surface area contributed by atoms with Crippen molar-refractivity contribution in [2.75, 3.05) is 41.0 Å². The fourth-order valence-electron chi connectivity index (χ4n) is 6.40. The zero-order valence-corrected chi connectivity index (χ0v) is 25.5. The topological polar surface area (TPSA) is 137 Å². The molecule has 2 saturated carbocycles. The Hall–Kier alpha value is -2.49. The van der Waals surface area contributed by atoms with Crippen molar-refractivity contribution in [3.63, 3.8) is 0 Å². The van der Waals surface area contributed by atoms with Crippen LogP contribution >= 0.6 is 11.3 Å². The molecule has 2 aliphatic heterocycles. The van der Waals surface area contributed by atoms with Crippen LogP contribution in [0.25, 0.3) is 10.4 Å². The van der Waals surface area contributed by atoms with E-state index in [-0.39, 0.29) is 46.7 Å². The van der Waals surface area contributed by atoms with Crippen LogP contribution in [0.15, 0.2) is 24.3 Å².